The van der Waals surface area contributed by atoms with Crippen molar-refractivity contribution in [3.05, 3.63) is 39.9 Å². The first kappa shape index (κ1) is 31.5. The molecule has 0 aromatic carbocycles. The molecule has 2 N–H and O–H groups in total. The Balaban J connectivity index is 1.18. The van der Waals surface area contributed by atoms with Crippen molar-refractivity contribution in [3.63, 3.8) is 0 Å². The van der Waals surface area contributed by atoms with Crippen LogP contribution in [0.3, 0.4) is 0 Å². The third-order valence-electron chi connectivity index (χ3n) is 7.57. The molecule has 18 heteroatoms. The molecule has 0 bridgehead atoms. The van der Waals surface area contributed by atoms with Crippen LogP contribution in [0.15, 0.2) is 23.3 Å². The van der Waals surface area contributed by atoms with Crippen LogP contribution in [-0.4, -0.2) is 96.1 Å². The molecule has 3 aliphatic heterocycles. The van der Waals surface area contributed by atoms with E-state index >= 15 is 0 Å². The van der Waals surface area contributed by atoms with E-state index < -0.39 is 52.7 Å². The Hall–Kier alpha value is -3.93. The molecule has 0 aliphatic carbocycles. The summed E-state index contributed by atoms with van der Waals surface area (Å²) in [4.78, 5) is 46.6. The minimum absolute atomic E-state index is 0.0183. The summed E-state index contributed by atoms with van der Waals surface area (Å²) in [6, 6.07) is -0.620. The number of aromatic nitrogens is 3. The highest BCUT2D eigenvalue weighted by Gasteiger charge is 2.45. The summed E-state index contributed by atoms with van der Waals surface area (Å²) in [6.45, 7) is 2.25. The van der Waals surface area contributed by atoms with Gasteiger partial charge in [0.05, 0.1) is 62.0 Å². The minimum atomic E-state index is -4.90. The van der Waals surface area contributed by atoms with E-state index in [1.54, 1.807) is 10.00 Å². The summed E-state index contributed by atoms with van der Waals surface area (Å²) in [5.41, 5.74) is -4.24. The normalized spacial score (nSPS) is 21.0. The second kappa shape index (κ2) is 12.2. The lowest BCUT2D eigenvalue weighted by Crippen LogP contribution is -2.64. The number of H-pyrrole nitrogens is 1. The number of fused-ring (bicyclic) bond motifs is 3. The van der Waals surface area contributed by atoms with Crippen LogP contribution in [0.4, 0.5) is 43.5 Å². The zero-order valence-electron chi connectivity index (χ0n) is 23.4. The molecule has 12 nitrogen and oxygen atoms in total. The van der Waals surface area contributed by atoms with Crippen LogP contribution in [0.5, 0.6) is 0 Å². The summed E-state index contributed by atoms with van der Waals surface area (Å²) < 4.78 is 91.0. The molecule has 2 aromatic heterocycles. The number of aromatic amines is 1. The summed E-state index contributed by atoms with van der Waals surface area (Å²) in [5, 5.41) is 7.68. The molecule has 44 heavy (non-hydrogen) atoms. The van der Waals surface area contributed by atoms with Gasteiger partial charge < -0.3 is 29.5 Å². The smallest absolute Gasteiger partial charge is 0.379 e. The van der Waals surface area contributed by atoms with Crippen LogP contribution < -0.4 is 20.7 Å². The summed E-state index contributed by atoms with van der Waals surface area (Å²) in [5.74, 6) is -0.574. The van der Waals surface area contributed by atoms with E-state index in [4.69, 9.17) is 9.47 Å². The number of carbonyl (C=O) groups is 2. The number of nitrogens with zero attached hydrogens (tertiary/aromatic N) is 5. The Morgan fingerprint density at radius 3 is 2.59 bits per heavy atom. The van der Waals surface area contributed by atoms with E-state index in [2.05, 4.69) is 15.4 Å². The zero-order valence-corrected chi connectivity index (χ0v) is 23.4. The molecular weight excluding hydrogens is 604 g/mol. The molecule has 5 heterocycles. The number of ether oxygens (including phenoxy) is 2. The molecule has 2 fully saturated rings. The van der Waals surface area contributed by atoms with E-state index in [1.807, 2.05) is 0 Å². The van der Waals surface area contributed by atoms with Gasteiger partial charge in [-0.1, -0.05) is 0 Å². The number of amides is 2. The second-order valence-electron chi connectivity index (χ2n) is 10.7. The largest absolute Gasteiger partial charge is 0.423 e. The maximum Gasteiger partial charge on any atom is 0.423 e. The number of anilines is 3. The van der Waals surface area contributed by atoms with Crippen LogP contribution in [0.2, 0.25) is 0 Å². The predicted molar refractivity (Wildman–Crippen MR) is 142 cm³/mol. The lowest BCUT2D eigenvalue weighted by atomic mass is 10.0. The average molecular weight is 634 g/mol. The van der Waals surface area contributed by atoms with Gasteiger partial charge in [-0.15, -0.1) is 0 Å². The van der Waals surface area contributed by atoms with Gasteiger partial charge in [0.25, 0.3) is 11.5 Å². The third-order valence-corrected chi connectivity index (χ3v) is 7.57. The Morgan fingerprint density at radius 1 is 1.18 bits per heavy atom. The molecule has 2 aromatic rings. The highest BCUT2D eigenvalue weighted by Crippen LogP contribution is 2.40. The van der Waals surface area contributed by atoms with Crippen molar-refractivity contribution in [3.8, 4) is 0 Å². The maximum absolute atomic E-state index is 13.6. The summed E-state index contributed by atoms with van der Waals surface area (Å²) in [6.07, 6.45) is -7.72. The van der Waals surface area contributed by atoms with Gasteiger partial charge in [0.2, 0.25) is 5.91 Å². The van der Waals surface area contributed by atoms with E-state index in [-0.39, 0.29) is 69.3 Å². The van der Waals surface area contributed by atoms with Crippen LogP contribution in [0.25, 0.3) is 0 Å². The van der Waals surface area contributed by atoms with Crippen molar-refractivity contribution in [1.82, 2.24) is 20.1 Å². The minimum Gasteiger partial charge on any atom is -0.379 e. The predicted octanol–water partition coefficient (Wildman–Crippen LogP) is 2.26. The number of piperazine rings is 1. The standard InChI is InChI=1S/C26H29F6N7O5/c1-14(35-17-10-34-36-23(41)21(17)26(30,31)32)13-43-6-3-20(40)37-4-5-38-19(12-37)24(42)39(11-16-2-7-44-16)18-8-15(25(27,28)29)9-33-22(18)38/h8-10,14,16,19H,2-7,11-13H2,1H3,(H2,35,36,41)/t14?,16?,19-/m1/s1. The van der Waals surface area contributed by atoms with E-state index in [0.29, 0.717) is 13.0 Å². The van der Waals surface area contributed by atoms with Gasteiger partial charge in [-0.05, 0) is 19.4 Å². The van der Waals surface area contributed by atoms with Gasteiger partial charge in [0.15, 0.2) is 5.82 Å². The molecule has 0 saturated carbocycles. The van der Waals surface area contributed by atoms with Crippen LogP contribution in [0.1, 0.15) is 30.9 Å². The number of nitrogens with one attached hydrogen (secondary N) is 2. The molecule has 3 aliphatic rings. The molecule has 240 valence electrons. The third kappa shape index (κ3) is 6.59. The number of rotatable bonds is 9. The first-order valence-corrected chi connectivity index (χ1v) is 13.8. The molecule has 2 saturated heterocycles. The van der Waals surface area contributed by atoms with Crippen molar-refractivity contribution < 1.29 is 45.4 Å². The highest BCUT2D eigenvalue weighted by atomic mass is 19.4. The van der Waals surface area contributed by atoms with E-state index in [9.17, 15) is 40.7 Å². The quantitative estimate of drug-likeness (QED) is 0.315. The summed E-state index contributed by atoms with van der Waals surface area (Å²) >= 11 is 0. The average Bonchev–Trinajstić information content (AvgIpc) is 2.92. The van der Waals surface area contributed by atoms with E-state index in [1.165, 1.54) is 16.7 Å². The van der Waals surface area contributed by atoms with Gasteiger partial charge in [0.1, 0.15) is 11.6 Å². The fraction of sp³-hybridized carbons (Fsp3) is 0.577. The Morgan fingerprint density at radius 2 is 1.93 bits per heavy atom. The van der Waals surface area contributed by atoms with Crippen LogP contribution in [0, 0.1) is 0 Å². The molecule has 0 radical (unpaired) electrons. The molecule has 2 unspecified atom stereocenters. The number of alkyl halides is 6. The van der Waals surface area contributed by atoms with Gasteiger partial charge in [-0.25, -0.2) is 10.1 Å². The molecular formula is C26H29F6N7O5. The number of halogens is 6. The molecule has 0 spiro atoms. The fourth-order valence-electron chi connectivity index (χ4n) is 5.29. The molecule has 3 atom stereocenters. The van der Waals surface area contributed by atoms with Gasteiger partial charge in [0, 0.05) is 31.9 Å². The van der Waals surface area contributed by atoms with Crippen molar-refractivity contribution in [2.75, 3.05) is 61.1 Å². The molecule has 5 rings (SSSR count). The van der Waals surface area contributed by atoms with Gasteiger partial charge in [-0.3, -0.25) is 14.4 Å². The van der Waals surface area contributed by atoms with Crippen molar-refractivity contribution in [2.45, 2.75) is 50.3 Å². The number of pyridine rings is 1. The highest BCUT2D eigenvalue weighted by molar-refractivity contribution is 6.05. The zero-order chi connectivity index (χ0) is 31.8. The Labute approximate surface area is 246 Å². The topological polar surface area (TPSA) is 133 Å². The lowest BCUT2D eigenvalue weighted by molar-refractivity contribution is -0.138. The van der Waals surface area contributed by atoms with E-state index in [0.717, 1.165) is 18.5 Å². The second-order valence-corrected chi connectivity index (χ2v) is 10.7. The van der Waals surface area contributed by atoms with Crippen molar-refractivity contribution in [2.24, 2.45) is 0 Å². The van der Waals surface area contributed by atoms with Crippen LogP contribution in [-0.2, 0) is 31.4 Å². The molecule has 2 amide bonds. The van der Waals surface area contributed by atoms with Crippen molar-refractivity contribution in [1.29, 1.82) is 0 Å². The number of hydrogen-bond acceptors (Lipinski definition) is 9. The van der Waals surface area contributed by atoms with Crippen molar-refractivity contribution >= 4 is 29.0 Å². The first-order valence-electron chi connectivity index (χ1n) is 13.8. The Kier molecular flexibility index (Phi) is 8.75. The number of hydrogen-bond donors (Lipinski definition) is 2. The first-order chi connectivity index (χ1) is 20.7. The van der Waals surface area contributed by atoms with Gasteiger partial charge >= 0.3 is 12.4 Å². The maximum atomic E-state index is 13.6. The lowest BCUT2D eigenvalue weighted by Gasteiger charge is -2.48. The SMILES string of the molecule is CC(COCCC(=O)N1CCN2c3ncc(C(F)(F)F)cc3N(CC3CCO3)C(=O)[C@H]2C1)Nc1cn[nH]c(=O)c1C(F)(F)F. The summed E-state index contributed by atoms with van der Waals surface area (Å²) in [7, 11) is 0. The van der Waals surface area contributed by atoms with Crippen LogP contribution >= 0.6 is 0 Å². The Bertz CT molecular complexity index is 1450. The number of carbonyl (C=O) groups excluding carboxylic acids is 2. The fourth-order valence-corrected chi connectivity index (χ4v) is 5.29. The monoisotopic (exact) mass is 633 g/mol. The van der Waals surface area contributed by atoms with Gasteiger partial charge in [-0.2, -0.15) is 31.4 Å².